The van der Waals surface area contributed by atoms with E-state index in [0.29, 0.717) is 6.04 Å². The first-order chi connectivity index (χ1) is 7.33. The molecule has 0 aromatic carbocycles. The standard InChI is InChI=1S/C12H19N3/c1-10-8-11(9-15(10)12-4-5-12)13-14-6-2-3-7-14/h2-3,6-7,10-13H,4-5,8-9H2,1H3. The molecule has 0 spiro atoms. The van der Waals surface area contributed by atoms with Crippen molar-refractivity contribution in [1.82, 2.24) is 9.58 Å². The van der Waals surface area contributed by atoms with E-state index in [4.69, 9.17) is 0 Å². The first-order valence-electron chi connectivity index (χ1n) is 5.98. The van der Waals surface area contributed by atoms with Crippen LogP contribution in [0.2, 0.25) is 0 Å². The number of likely N-dealkylation sites (tertiary alicyclic amines) is 1. The van der Waals surface area contributed by atoms with E-state index in [1.807, 2.05) is 0 Å². The summed E-state index contributed by atoms with van der Waals surface area (Å²) >= 11 is 0. The van der Waals surface area contributed by atoms with Crippen LogP contribution in [-0.2, 0) is 0 Å². The Hall–Kier alpha value is -0.960. The molecule has 2 unspecified atom stereocenters. The molecule has 1 aliphatic heterocycles. The summed E-state index contributed by atoms with van der Waals surface area (Å²) in [6.07, 6.45) is 8.25. The van der Waals surface area contributed by atoms with E-state index in [-0.39, 0.29) is 0 Å². The lowest BCUT2D eigenvalue weighted by atomic mass is 10.2. The average molecular weight is 205 g/mol. The van der Waals surface area contributed by atoms with Gasteiger partial charge in [0.05, 0.1) is 6.04 Å². The van der Waals surface area contributed by atoms with Crippen molar-refractivity contribution in [3.8, 4) is 0 Å². The van der Waals surface area contributed by atoms with Gasteiger partial charge in [-0.1, -0.05) is 0 Å². The van der Waals surface area contributed by atoms with E-state index in [0.717, 1.165) is 12.1 Å². The van der Waals surface area contributed by atoms with Crippen LogP contribution in [0.1, 0.15) is 26.2 Å². The predicted molar refractivity (Wildman–Crippen MR) is 61.4 cm³/mol. The van der Waals surface area contributed by atoms with E-state index in [2.05, 4.69) is 46.5 Å². The molecule has 1 aromatic heterocycles. The Labute approximate surface area is 91.0 Å². The fraction of sp³-hybridized carbons (Fsp3) is 0.667. The normalized spacial score (nSPS) is 32.1. The van der Waals surface area contributed by atoms with E-state index in [1.54, 1.807) is 0 Å². The molecule has 2 heterocycles. The monoisotopic (exact) mass is 205 g/mol. The van der Waals surface area contributed by atoms with Crippen molar-refractivity contribution in [1.29, 1.82) is 0 Å². The Morgan fingerprint density at radius 3 is 2.60 bits per heavy atom. The third-order valence-corrected chi connectivity index (χ3v) is 3.57. The number of nitrogens with zero attached hydrogens (tertiary/aromatic N) is 2. The van der Waals surface area contributed by atoms with Crippen LogP contribution in [0.3, 0.4) is 0 Å². The number of rotatable bonds is 3. The summed E-state index contributed by atoms with van der Waals surface area (Å²) in [6.45, 7) is 3.57. The predicted octanol–water partition coefficient (Wildman–Crippen LogP) is 1.66. The number of hydrogen-bond acceptors (Lipinski definition) is 2. The molecule has 2 aliphatic rings. The second kappa shape index (κ2) is 3.56. The molecule has 0 amide bonds. The minimum Gasteiger partial charge on any atom is -0.322 e. The molecule has 1 saturated heterocycles. The van der Waals surface area contributed by atoms with Gasteiger partial charge < -0.3 is 5.43 Å². The van der Waals surface area contributed by atoms with Crippen molar-refractivity contribution in [2.45, 2.75) is 44.3 Å². The summed E-state index contributed by atoms with van der Waals surface area (Å²) in [4.78, 5) is 2.67. The average Bonchev–Trinajstić information content (AvgIpc) is 2.81. The maximum absolute atomic E-state index is 3.54. The summed E-state index contributed by atoms with van der Waals surface area (Å²) in [5.74, 6) is 0. The first kappa shape index (κ1) is 9.28. The number of nitrogens with one attached hydrogen (secondary N) is 1. The molecule has 0 bridgehead atoms. The largest absolute Gasteiger partial charge is 0.322 e. The molecule has 15 heavy (non-hydrogen) atoms. The minimum atomic E-state index is 0.619. The van der Waals surface area contributed by atoms with Gasteiger partial charge in [0.25, 0.3) is 0 Å². The molecule has 82 valence electrons. The molecular weight excluding hydrogens is 186 g/mol. The molecule has 1 aliphatic carbocycles. The lowest BCUT2D eigenvalue weighted by molar-refractivity contribution is 0.257. The Bertz CT molecular complexity index is 316. The number of aromatic nitrogens is 1. The maximum Gasteiger partial charge on any atom is 0.0566 e. The minimum absolute atomic E-state index is 0.619. The topological polar surface area (TPSA) is 20.2 Å². The third-order valence-electron chi connectivity index (χ3n) is 3.57. The zero-order chi connectivity index (χ0) is 10.3. The second-order valence-corrected chi connectivity index (χ2v) is 4.93. The van der Waals surface area contributed by atoms with Gasteiger partial charge >= 0.3 is 0 Å². The van der Waals surface area contributed by atoms with Crippen molar-refractivity contribution in [2.75, 3.05) is 12.0 Å². The Balaban J connectivity index is 1.60. The Kier molecular flexibility index (Phi) is 2.20. The van der Waals surface area contributed by atoms with Crippen molar-refractivity contribution in [3.63, 3.8) is 0 Å². The van der Waals surface area contributed by atoms with Crippen LogP contribution in [0.25, 0.3) is 0 Å². The highest BCUT2D eigenvalue weighted by Crippen LogP contribution is 2.33. The van der Waals surface area contributed by atoms with Gasteiger partial charge in [-0.2, -0.15) is 0 Å². The van der Waals surface area contributed by atoms with Crippen LogP contribution >= 0.6 is 0 Å². The van der Waals surface area contributed by atoms with E-state index >= 15 is 0 Å². The Morgan fingerprint density at radius 2 is 1.93 bits per heavy atom. The van der Waals surface area contributed by atoms with Crippen molar-refractivity contribution >= 4 is 0 Å². The van der Waals surface area contributed by atoms with E-state index in [9.17, 15) is 0 Å². The van der Waals surface area contributed by atoms with Crippen LogP contribution in [0.5, 0.6) is 0 Å². The van der Waals surface area contributed by atoms with Gasteiger partial charge in [0.1, 0.15) is 0 Å². The summed E-state index contributed by atoms with van der Waals surface area (Å²) < 4.78 is 2.08. The fourth-order valence-electron chi connectivity index (χ4n) is 2.70. The van der Waals surface area contributed by atoms with Gasteiger partial charge in [-0.15, -0.1) is 0 Å². The Morgan fingerprint density at radius 1 is 1.20 bits per heavy atom. The third kappa shape index (κ3) is 1.88. The molecule has 2 atom stereocenters. The quantitative estimate of drug-likeness (QED) is 0.810. The molecular formula is C12H19N3. The van der Waals surface area contributed by atoms with E-state index in [1.165, 1.54) is 25.8 Å². The smallest absolute Gasteiger partial charge is 0.0566 e. The van der Waals surface area contributed by atoms with Gasteiger partial charge in [-0.25, -0.2) is 0 Å². The van der Waals surface area contributed by atoms with Crippen LogP contribution in [0, 0.1) is 0 Å². The van der Waals surface area contributed by atoms with Crippen molar-refractivity contribution in [2.24, 2.45) is 0 Å². The molecule has 3 heteroatoms. The highest BCUT2D eigenvalue weighted by Gasteiger charge is 2.38. The van der Waals surface area contributed by atoms with Crippen LogP contribution in [0.15, 0.2) is 24.5 Å². The molecule has 2 fully saturated rings. The van der Waals surface area contributed by atoms with Gasteiger partial charge in [0, 0.05) is 31.0 Å². The SMILES string of the molecule is CC1CC(Nn2cccc2)CN1C1CC1. The zero-order valence-corrected chi connectivity index (χ0v) is 9.26. The van der Waals surface area contributed by atoms with Crippen LogP contribution in [0.4, 0.5) is 0 Å². The maximum atomic E-state index is 3.54. The van der Waals surface area contributed by atoms with Crippen LogP contribution in [-0.4, -0.2) is 34.2 Å². The summed E-state index contributed by atoms with van der Waals surface area (Å²) in [6, 6.07) is 6.39. The summed E-state index contributed by atoms with van der Waals surface area (Å²) in [5.41, 5.74) is 3.54. The summed E-state index contributed by atoms with van der Waals surface area (Å²) in [7, 11) is 0. The van der Waals surface area contributed by atoms with Gasteiger partial charge in [-0.05, 0) is 38.3 Å². The van der Waals surface area contributed by atoms with Gasteiger partial charge in [0.2, 0.25) is 0 Å². The summed E-state index contributed by atoms with van der Waals surface area (Å²) in [5, 5.41) is 0. The molecule has 1 N–H and O–H groups in total. The fourth-order valence-corrected chi connectivity index (χ4v) is 2.70. The van der Waals surface area contributed by atoms with Crippen LogP contribution < -0.4 is 5.43 Å². The van der Waals surface area contributed by atoms with Gasteiger partial charge in [0.15, 0.2) is 0 Å². The molecule has 0 radical (unpaired) electrons. The van der Waals surface area contributed by atoms with Crippen molar-refractivity contribution in [3.05, 3.63) is 24.5 Å². The molecule has 3 nitrogen and oxygen atoms in total. The zero-order valence-electron chi connectivity index (χ0n) is 9.26. The number of hydrogen-bond donors (Lipinski definition) is 1. The molecule has 1 saturated carbocycles. The highest BCUT2D eigenvalue weighted by molar-refractivity contribution is 5.02. The molecule has 1 aromatic rings. The highest BCUT2D eigenvalue weighted by atomic mass is 15.4. The van der Waals surface area contributed by atoms with E-state index < -0.39 is 0 Å². The lowest BCUT2D eigenvalue weighted by Gasteiger charge is -2.20. The second-order valence-electron chi connectivity index (χ2n) is 4.93. The van der Waals surface area contributed by atoms with Crippen molar-refractivity contribution < 1.29 is 0 Å². The first-order valence-corrected chi connectivity index (χ1v) is 5.98. The molecule has 3 rings (SSSR count). The lowest BCUT2D eigenvalue weighted by Crippen LogP contribution is -2.32. The van der Waals surface area contributed by atoms with Gasteiger partial charge in [-0.3, -0.25) is 9.58 Å².